The SMILES string of the molecule is CCC(=O)C1CCSc2ccccc21. The largest absolute Gasteiger partial charge is 0.299 e. The standard InChI is InChI=1S/C12H14OS/c1-2-11(13)9-7-8-14-12-6-4-3-5-10(9)12/h3-6,9H,2,7-8H2,1H3. The molecule has 0 amide bonds. The second kappa shape index (κ2) is 4.18. The molecule has 1 aromatic rings. The van der Waals surface area contributed by atoms with Crippen LogP contribution in [0.1, 0.15) is 31.2 Å². The minimum Gasteiger partial charge on any atom is -0.299 e. The van der Waals surface area contributed by atoms with E-state index in [1.807, 2.05) is 30.8 Å². The van der Waals surface area contributed by atoms with Crippen molar-refractivity contribution in [3.8, 4) is 0 Å². The zero-order valence-electron chi connectivity index (χ0n) is 8.32. The average Bonchev–Trinajstić information content (AvgIpc) is 2.27. The van der Waals surface area contributed by atoms with Gasteiger partial charge >= 0.3 is 0 Å². The molecule has 0 saturated heterocycles. The summed E-state index contributed by atoms with van der Waals surface area (Å²) in [5.74, 6) is 1.63. The van der Waals surface area contributed by atoms with Gasteiger partial charge in [0, 0.05) is 17.2 Å². The second-order valence-electron chi connectivity index (χ2n) is 3.55. The van der Waals surface area contributed by atoms with E-state index in [-0.39, 0.29) is 5.92 Å². The molecule has 2 rings (SSSR count). The van der Waals surface area contributed by atoms with E-state index in [1.165, 1.54) is 10.5 Å². The summed E-state index contributed by atoms with van der Waals surface area (Å²) in [5.41, 5.74) is 1.25. The van der Waals surface area contributed by atoms with Gasteiger partial charge in [0.2, 0.25) is 0 Å². The van der Waals surface area contributed by atoms with Crippen molar-refractivity contribution in [2.75, 3.05) is 5.75 Å². The molecule has 1 aromatic carbocycles. The minimum absolute atomic E-state index is 0.164. The molecule has 0 aromatic heterocycles. The zero-order chi connectivity index (χ0) is 9.97. The quantitative estimate of drug-likeness (QED) is 0.739. The van der Waals surface area contributed by atoms with E-state index in [1.54, 1.807) is 0 Å². The van der Waals surface area contributed by atoms with Crippen molar-refractivity contribution in [3.05, 3.63) is 29.8 Å². The molecule has 0 spiro atoms. The lowest BCUT2D eigenvalue weighted by atomic mass is 9.90. The van der Waals surface area contributed by atoms with Gasteiger partial charge in [-0.1, -0.05) is 25.1 Å². The van der Waals surface area contributed by atoms with Crippen LogP contribution in [0.25, 0.3) is 0 Å². The third-order valence-corrected chi connectivity index (χ3v) is 3.82. The van der Waals surface area contributed by atoms with E-state index in [9.17, 15) is 4.79 Å². The van der Waals surface area contributed by atoms with Gasteiger partial charge in [0.15, 0.2) is 0 Å². The number of hydrogen-bond donors (Lipinski definition) is 0. The Labute approximate surface area is 88.9 Å². The number of carbonyl (C=O) groups is 1. The predicted octanol–water partition coefficient (Wildman–Crippen LogP) is 3.25. The molecule has 74 valence electrons. The van der Waals surface area contributed by atoms with Crippen LogP contribution in [0.3, 0.4) is 0 Å². The highest BCUT2D eigenvalue weighted by molar-refractivity contribution is 7.99. The van der Waals surface area contributed by atoms with Crippen molar-refractivity contribution >= 4 is 17.5 Å². The summed E-state index contributed by atoms with van der Waals surface area (Å²) < 4.78 is 0. The van der Waals surface area contributed by atoms with E-state index in [0.29, 0.717) is 12.2 Å². The fourth-order valence-electron chi connectivity index (χ4n) is 1.92. The topological polar surface area (TPSA) is 17.1 Å². The van der Waals surface area contributed by atoms with Gasteiger partial charge in [-0.25, -0.2) is 0 Å². The first-order valence-electron chi connectivity index (χ1n) is 5.07. The highest BCUT2D eigenvalue weighted by atomic mass is 32.2. The predicted molar refractivity (Wildman–Crippen MR) is 59.8 cm³/mol. The van der Waals surface area contributed by atoms with Crippen LogP contribution in [0.15, 0.2) is 29.2 Å². The van der Waals surface area contributed by atoms with Crippen molar-refractivity contribution < 1.29 is 4.79 Å². The second-order valence-corrected chi connectivity index (χ2v) is 4.68. The maximum atomic E-state index is 11.7. The molecule has 0 N–H and O–H groups in total. The lowest BCUT2D eigenvalue weighted by Crippen LogP contribution is -2.16. The van der Waals surface area contributed by atoms with Crippen LogP contribution in [0.4, 0.5) is 0 Å². The third-order valence-electron chi connectivity index (χ3n) is 2.70. The van der Waals surface area contributed by atoms with Crippen molar-refractivity contribution in [2.45, 2.75) is 30.6 Å². The monoisotopic (exact) mass is 206 g/mol. The van der Waals surface area contributed by atoms with Crippen molar-refractivity contribution in [1.29, 1.82) is 0 Å². The Kier molecular flexibility index (Phi) is 2.92. The van der Waals surface area contributed by atoms with E-state index < -0.39 is 0 Å². The molecule has 1 heterocycles. The number of thioether (sulfide) groups is 1. The molecule has 14 heavy (non-hydrogen) atoms. The molecule has 1 unspecified atom stereocenters. The van der Waals surface area contributed by atoms with Gasteiger partial charge in [-0.2, -0.15) is 0 Å². The maximum absolute atomic E-state index is 11.7. The molecule has 0 aliphatic carbocycles. The molecule has 0 fully saturated rings. The average molecular weight is 206 g/mol. The summed E-state index contributed by atoms with van der Waals surface area (Å²) in [6.07, 6.45) is 1.66. The number of ketones is 1. The number of Topliss-reactive ketones (excluding diaryl/α,β-unsaturated/α-hetero) is 1. The lowest BCUT2D eigenvalue weighted by Gasteiger charge is -2.23. The molecule has 1 atom stereocenters. The summed E-state index contributed by atoms with van der Waals surface area (Å²) in [7, 11) is 0. The Morgan fingerprint density at radius 3 is 3.07 bits per heavy atom. The zero-order valence-corrected chi connectivity index (χ0v) is 9.14. The van der Waals surface area contributed by atoms with Crippen LogP contribution in [0, 0.1) is 0 Å². The summed E-state index contributed by atoms with van der Waals surface area (Å²) in [6, 6.07) is 8.29. The van der Waals surface area contributed by atoms with E-state index in [2.05, 4.69) is 12.1 Å². The summed E-state index contributed by atoms with van der Waals surface area (Å²) in [5, 5.41) is 0. The molecule has 2 heteroatoms. The van der Waals surface area contributed by atoms with Gasteiger partial charge in [0.1, 0.15) is 5.78 Å². The maximum Gasteiger partial charge on any atom is 0.140 e. The molecule has 1 nitrogen and oxygen atoms in total. The van der Waals surface area contributed by atoms with Crippen molar-refractivity contribution in [2.24, 2.45) is 0 Å². The molecular weight excluding hydrogens is 192 g/mol. The molecule has 0 bridgehead atoms. The van der Waals surface area contributed by atoms with Crippen molar-refractivity contribution in [1.82, 2.24) is 0 Å². The molecule has 0 radical (unpaired) electrons. The first kappa shape index (κ1) is 9.78. The Morgan fingerprint density at radius 2 is 2.29 bits per heavy atom. The highest BCUT2D eigenvalue weighted by Gasteiger charge is 2.24. The fourth-order valence-corrected chi connectivity index (χ4v) is 3.05. The van der Waals surface area contributed by atoms with Gasteiger partial charge < -0.3 is 0 Å². The van der Waals surface area contributed by atoms with Gasteiger partial charge in [0.05, 0.1) is 0 Å². The van der Waals surface area contributed by atoms with Gasteiger partial charge in [-0.05, 0) is 23.8 Å². The lowest BCUT2D eigenvalue weighted by molar-refractivity contribution is -0.120. The number of carbonyl (C=O) groups excluding carboxylic acids is 1. The first-order chi connectivity index (χ1) is 6.83. The van der Waals surface area contributed by atoms with E-state index in [0.717, 1.165) is 12.2 Å². The van der Waals surface area contributed by atoms with Crippen LogP contribution in [0.5, 0.6) is 0 Å². The van der Waals surface area contributed by atoms with E-state index >= 15 is 0 Å². The van der Waals surface area contributed by atoms with Crippen LogP contribution in [-0.4, -0.2) is 11.5 Å². The molecule has 0 saturated carbocycles. The first-order valence-corrected chi connectivity index (χ1v) is 6.06. The van der Waals surface area contributed by atoms with Gasteiger partial charge in [-0.15, -0.1) is 11.8 Å². The normalized spacial score (nSPS) is 20.2. The summed E-state index contributed by atoms with van der Waals surface area (Å²) >= 11 is 1.87. The van der Waals surface area contributed by atoms with Crippen LogP contribution in [0.2, 0.25) is 0 Å². The highest BCUT2D eigenvalue weighted by Crippen LogP contribution is 2.37. The van der Waals surface area contributed by atoms with E-state index in [4.69, 9.17) is 0 Å². The minimum atomic E-state index is 0.164. The summed E-state index contributed by atoms with van der Waals surface area (Å²) in [6.45, 7) is 1.95. The third kappa shape index (κ3) is 1.71. The Hall–Kier alpha value is -0.760. The molecule has 1 aliphatic heterocycles. The Morgan fingerprint density at radius 1 is 1.50 bits per heavy atom. The number of hydrogen-bond acceptors (Lipinski definition) is 2. The van der Waals surface area contributed by atoms with Crippen LogP contribution in [-0.2, 0) is 4.79 Å². The fraction of sp³-hybridized carbons (Fsp3) is 0.417. The molecule has 1 aliphatic rings. The van der Waals surface area contributed by atoms with Gasteiger partial charge in [0.25, 0.3) is 0 Å². The van der Waals surface area contributed by atoms with Crippen molar-refractivity contribution in [3.63, 3.8) is 0 Å². The Balaban J connectivity index is 2.35. The smallest absolute Gasteiger partial charge is 0.140 e. The summed E-state index contributed by atoms with van der Waals surface area (Å²) in [4.78, 5) is 13.0. The van der Waals surface area contributed by atoms with Crippen LogP contribution >= 0.6 is 11.8 Å². The van der Waals surface area contributed by atoms with Gasteiger partial charge in [-0.3, -0.25) is 4.79 Å². The number of rotatable bonds is 2. The number of benzene rings is 1. The molecular formula is C12H14OS. The van der Waals surface area contributed by atoms with Crippen LogP contribution < -0.4 is 0 Å². The Bertz CT molecular complexity index is 346. The number of fused-ring (bicyclic) bond motifs is 1.